The van der Waals surface area contributed by atoms with Gasteiger partial charge in [0, 0.05) is 10.6 Å². The van der Waals surface area contributed by atoms with Crippen LogP contribution in [0.3, 0.4) is 0 Å². The summed E-state index contributed by atoms with van der Waals surface area (Å²) in [6.45, 7) is 2.42. The van der Waals surface area contributed by atoms with Crippen LogP contribution in [-0.4, -0.2) is 44.0 Å². The molecule has 3 N–H and O–H groups in total. The molecule has 13 nitrogen and oxygen atoms in total. The van der Waals surface area contributed by atoms with Crippen LogP contribution in [0.4, 0.5) is 5.82 Å². The zero-order chi connectivity index (χ0) is 30.2. The molecule has 220 valence electrons. The zero-order valence-electron chi connectivity index (χ0n) is 22.6. The summed E-state index contributed by atoms with van der Waals surface area (Å²) in [4.78, 5) is 13.1. The number of para-hydroxylation sites is 1. The molecule has 5 rings (SSSR count). The van der Waals surface area contributed by atoms with E-state index in [4.69, 9.17) is 31.5 Å². The Bertz CT molecular complexity index is 1740. The van der Waals surface area contributed by atoms with E-state index in [0.29, 0.717) is 38.9 Å². The number of nitrogen functional groups attached to an aromatic ring is 1. The molecule has 0 bridgehead atoms. The summed E-state index contributed by atoms with van der Waals surface area (Å²) in [5.41, 5.74) is 9.95. The highest BCUT2D eigenvalue weighted by molar-refractivity contribution is 9.10. The van der Waals surface area contributed by atoms with Crippen LogP contribution in [0.25, 0.3) is 5.82 Å². The van der Waals surface area contributed by atoms with Crippen LogP contribution >= 0.6 is 27.5 Å². The molecule has 0 fully saturated rings. The highest BCUT2D eigenvalue weighted by atomic mass is 79.9. The van der Waals surface area contributed by atoms with Crippen molar-refractivity contribution in [2.75, 3.05) is 12.3 Å². The molecule has 0 atom stereocenters. The van der Waals surface area contributed by atoms with Crippen LogP contribution in [-0.2, 0) is 13.2 Å². The number of nitrogens with one attached hydrogen (secondary N) is 1. The fourth-order valence-corrected chi connectivity index (χ4v) is 4.60. The number of halogens is 2. The van der Waals surface area contributed by atoms with Gasteiger partial charge in [-0.25, -0.2) is 10.1 Å². The van der Waals surface area contributed by atoms with Crippen molar-refractivity contribution in [2.24, 2.45) is 5.10 Å². The topological polar surface area (TPSA) is 165 Å². The van der Waals surface area contributed by atoms with E-state index in [2.05, 4.69) is 51.7 Å². The largest absolute Gasteiger partial charge is 0.490 e. The van der Waals surface area contributed by atoms with Gasteiger partial charge in [0.2, 0.25) is 11.6 Å². The number of benzene rings is 3. The van der Waals surface area contributed by atoms with Crippen LogP contribution in [0, 0.1) is 0 Å². The monoisotopic (exact) mass is 666 g/mol. The van der Waals surface area contributed by atoms with Gasteiger partial charge in [-0.2, -0.15) is 9.78 Å². The van der Waals surface area contributed by atoms with Crippen LogP contribution in [0.1, 0.15) is 34.2 Å². The van der Waals surface area contributed by atoms with Gasteiger partial charge in [0.05, 0.1) is 17.3 Å². The van der Waals surface area contributed by atoms with Crippen LogP contribution < -0.4 is 25.4 Å². The SMILES string of the molecule is CCOc1cc(C=NNC(=O)c2nnn(-c3nonc3N)c2COc2ccccc2)cc(Br)c1OCc1ccccc1Cl. The molecule has 0 saturated heterocycles. The molecule has 43 heavy (non-hydrogen) atoms. The number of nitrogens with two attached hydrogens (primary N) is 1. The third-order valence-corrected chi connectivity index (χ3v) is 6.79. The fourth-order valence-electron chi connectivity index (χ4n) is 3.83. The van der Waals surface area contributed by atoms with Gasteiger partial charge < -0.3 is 19.9 Å². The molecule has 0 aliphatic carbocycles. The summed E-state index contributed by atoms with van der Waals surface area (Å²) < 4.78 is 24.2. The first-order valence-corrected chi connectivity index (χ1v) is 14.0. The van der Waals surface area contributed by atoms with Gasteiger partial charge in [0.15, 0.2) is 17.2 Å². The molecule has 0 unspecified atom stereocenters. The Labute approximate surface area is 258 Å². The molecular weight excluding hydrogens is 644 g/mol. The minimum absolute atomic E-state index is 0.0363. The molecule has 2 aromatic heterocycles. The molecule has 0 aliphatic heterocycles. The number of hydrogen-bond donors (Lipinski definition) is 2. The smallest absolute Gasteiger partial charge is 0.293 e. The van der Waals surface area contributed by atoms with E-state index in [9.17, 15) is 4.79 Å². The minimum atomic E-state index is -0.645. The minimum Gasteiger partial charge on any atom is -0.490 e. The average Bonchev–Trinajstić information content (AvgIpc) is 3.62. The number of nitrogens with zero attached hydrogens (tertiary/aromatic N) is 6. The Morgan fingerprint density at radius 3 is 2.63 bits per heavy atom. The number of anilines is 1. The maximum atomic E-state index is 13.1. The van der Waals surface area contributed by atoms with Gasteiger partial charge >= 0.3 is 0 Å². The molecule has 1 amide bonds. The lowest BCUT2D eigenvalue weighted by Crippen LogP contribution is -2.21. The van der Waals surface area contributed by atoms with Gasteiger partial charge in [-0.05, 0) is 69.1 Å². The van der Waals surface area contributed by atoms with Gasteiger partial charge in [-0.15, -0.1) is 5.10 Å². The second kappa shape index (κ2) is 13.8. The number of aromatic nitrogens is 5. The van der Waals surface area contributed by atoms with Crippen LogP contribution in [0.15, 0.2) is 80.9 Å². The first kappa shape index (κ1) is 29.5. The van der Waals surface area contributed by atoms with Crippen molar-refractivity contribution in [3.63, 3.8) is 0 Å². The van der Waals surface area contributed by atoms with E-state index >= 15 is 0 Å². The molecule has 3 aromatic carbocycles. The summed E-state index contributed by atoms with van der Waals surface area (Å²) in [6, 6.07) is 20.0. The van der Waals surface area contributed by atoms with E-state index < -0.39 is 5.91 Å². The zero-order valence-corrected chi connectivity index (χ0v) is 24.9. The summed E-state index contributed by atoms with van der Waals surface area (Å²) in [6.07, 6.45) is 1.45. The summed E-state index contributed by atoms with van der Waals surface area (Å²) >= 11 is 9.81. The predicted molar refractivity (Wildman–Crippen MR) is 161 cm³/mol. The number of carbonyl (C=O) groups excluding carboxylic acids is 1. The van der Waals surface area contributed by atoms with Crippen molar-refractivity contribution in [1.82, 2.24) is 30.7 Å². The van der Waals surface area contributed by atoms with Crippen LogP contribution in [0.5, 0.6) is 17.2 Å². The molecular formula is C28H24BrClN8O5. The lowest BCUT2D eigenvalue weighted by Gasteiger charge is -2.15. The third kappa shape index (κ3) is 7.10. The van der Waals surface area contributed by atoms with Crippen molar-refractivity contribution in [3.05, 3.63) is 98.7 Å². The standard InChI is InChI=1S/C28H24BrClN8O5/c1-2-40-23-13-17(12-20(29)25(23)42-15-18-8-6-7-11-21(18)30)14-32-34-28(39)24-22(16-41-19-9-4-3-5-10-19)38(37-33-24)27-26(31)35-43-36-27/h3-14H,2,15-16H2,1H3,(H2,31,35)(H,34,39). The van der Waals surface area contributed by atoms with Crippen molar-refractivity contribution in [1.29, 1.82) is 0 Å². The molecule has 0 aliphatic rings. The summed E-state index contributed by atoms with van der Waals surface area (Å²) in [5.74, 6) is 0.939. The highest BCUT2D eigenvalue weighted by Crippen LogP contribution is 2.37. The fraction of sp³-hybridized carbons (Fsp3) is 0.143. The second-order valence-electron chi connectivity index (χ2n) is 8.71. The van der Waals surface area contributed by atoms with Crippen LogP contribution in [0.2, 0.25) is 5.02 Å². The number of hydrazone groups is 1. The quantitative estimate of drug-likeness (QED) is 0.137. The molecule has 0 saturated carbocycles. The number of amides is 1. The Morgan fingerprint density at radius 1 is 1.09 bits per heavy atom. The maximum Gasteiger partial charge on any atom is 0.293 e. The molecule has 0 radical (unpaired) electrons. The number of hydrogen-bond acceptors (Lipinski definition) is 11. The Balaban J connectivity index is 1.33. The third-order valence-electron chi connectivity index (χ3n) is 5.83. The Morgan fingerprint density at radius 2 is 1.88 bits per heavy atom. The van der Waals surface area contributed by atoms with E-state index in [-0.39, 0.29) is 36.2 Å². The van der Waals surface area contributed by atoms with Gasteiger partial charge in [-0.1, -0.05) is 53.2 Å². The molecule has 5 aromatic rings. The molecule has 0 spiro atoms. The molecule has 15 heteroatoms. The van der Waals surface area contributed by atoms with Crippen molar-refractivity contribution in [2.45, 2.75) is 20.1 Å². The lowest BCUT2D eigenvalue weighted by atomic mass is 10.2. The Hall–Kier alpha value is -4.95. The highest BCUT2D eigenvalue weighted by Gasteiger charge is 2.24. The van der Waals surface area contributed by atoms with E-state index in [0.717, 1.165) is 5.56 Å². The van der Waals surface area contributed by atoms with Crippen molar-refractivity contribution in [3.8, 4) is 23.1 Å². The first-order chi connectivity index (χ1) is 20.9. The predicted octanol–water partition coefficient (Wildman–Crippen LogP) is 4.97. The average molecular weight is 668 g/mol. The Kier molecular flexibility index (Phi) is 9.49. The maximum absolute atomic E-state index is 13.1. The van der Waals surface area contributed by atoms with E-state index in [1.807, 2.05) is 43.3 Å². The number of carbonyl (C=O) groups is 1. The van der Waals surface area contributed by atoms with Gasteiger partial charge in [0.25, 0.3) is 5.91 Å². The van der Waals surface area contributed by atoms with E-state index in [1.165, 1.54) is 10.9 Å². The molecule has 2 heterocycles. The second-order valence-corrected chi connectivity index (χ2v) is 9.98. The van der Waals surface area contributed by atoms with Crippen molar-refractivity contribution < 1.29 is 23.6 Å². The number of ether oxygens (including phenoxy) is 3. The number of rotatable bonds is 12. The summed E-state index contributed by atoms with van der Waals surface area (Å²) in [7, 11) is 0. The summed E-state index contributed by atoms with van der Waals surface area (Å²) in [5, 5.41) is 20.0. The van der Waals surface area contributed by atoms with E-state index in [1.54, 1.807) is 30.3 Å². The van der Waals surface area contributed by atoms with Gasteiger partial charge in [0.1, 0.15) is 24.7 Å². The first-order valence-electron chi connectivity index (χ1n) is 12.8. The van der Waals surface area contributed by atoms with Crippen molar-refractivity contribution >= 4 is 45.5 Å². The normalized spacial score (nSPS) is 11.0. The van der Waals surface area contributed by atoms with Gasteiger partial charge in [-0.3, -0.25) is 4.79 Å². The lowest BCUT2D eigenvalue weighted by molar-refractivity contribution is 0.0947.